The van der Waals surface area contributed by atoms with E-state index in [2.05, 4.69) is 4.98 Å². The van der Waals surface area contributed by atoms with Crippen molar-refractivity contribution < 1.29 is 14.4 Å². The van der Waals surface area contributed by atoms with Gasteiger partial charge in [0.05, 0.1) is 11.0 Å². The number of aldehydes is 1. The first-order valence-corrected chi connectivity index (χ1v) is 7.58. The lowest BCUT2D eigenvalue weighted by Gasteiger charge is -2.07. The van der Waals surface area contributed by atoms with Crippen LogP contribution in [-0.2, 0) is 0 Å². The maximum absolute atomic E-state index is 12.2. The number of Topliss-reactive ketones (excluding diaryl/α,β-unsaturated/α-hetero) is 1. The monoisotopic (exact) mass is 300 g/mol. The zero-order chi connectivity index (χ0) is 16.3. The summed E-state index contributed by atoms with van der Waals surface area (Å²) in [7, 11) is 0. The summed E-state index contributed by atoms with van der Waals surface area (Å²) in [6.07, 6.45) is 2.88. The van der Waals surface area contributed by atoms with Crippen molar-refractivity contribution in [1.29, 1.82) is 0 Å². The van der Waals surface area contributed by atoms with Crippen LogP contribution >= 0.6 is 0 Å². The lowest BCUT2D eigenvalue weighted by molar-refractivity contribution is 0.0894. The number of benzene rings is 1. The number of imidazole rings is 1. The first kappa shape index (κ1) is 16.1. The van der Waals surface area contributed by atoms with Crippen LogP contribution < -0.4 is 0 Å². The van der Waals surface area contributed by atoms with E-state index in [1.165, 1.54) is 4.57 Å². The van der Waals surface area contributed by atoms with Crippen LogP contribution in [0.4, 0.5) is 0 Å². The SMILES string of the molecule is CCCC(=O)c1cc2nc(C=O)n(C(=O)CCC)c2cc1C. The highest BCUT2D eigenvalue weighted by Gasteiger charge is 2.18. The van der Waals surface area contributed by atoms with Gasteiger partial charge in [-0.05, 0) is 37.5 Å². The molecule has 0 saturated heterocycles. The third kappa shape index (κ3) is 2.84. The van der Waals surface area contributed by atoms with Gasteiger partial charge in [0.1, 0.15) is 0 Å². The molecule has 0 N–H and O–H groups in total. The van der Waals surface area contributed by atoms with E-state index in [-0.39, 0.29) is 17.5 Å². The Morgan fingerprint density at radius 3 is 2.45 bits per heavy atom. The van der Waals surface area contributed by atoms with Gasteiger partial charge >= 0.3 is 0 Å². The number of hydrogen-bond acceptors (Lipinski definition) is 4. The normalized spacial score (nSPS) is 10.9. The highest BCUT2D eigenvalue weighted by atomic mass is 16.2. The second kappa shape index (κ2) is 6.64. The van der Waals surface area contributed by atoms with Gasteiger partial charge in [0.15, 0.2) is 17.9 Å². The highest BCUT2D eigenvalue weighted by molar-refractivity contribution is 6.03. The number of rotatable bonds is 6. The van der Waals surface area contributed by atoms with Crippen LogP contribution in [0.3, 0.4) is 0 Å². The molecule has 0 aliphatic rings. The minimum atomic E-state index is -0.154. The Morgan fingerprint density at radius 1 is 1.18 bits per heavy atom. The molecule has 0 atom stereocenters. The Balaban J connectivity index is 2.63. The Hall–Kier alpha value is -2.30. The Bertz CT molecular complexity index is 744. The van der Waals surface area contributed by atoms with Crippen molar-refractivity contribution in [2.45, 2.75) is 46.5 Å². The van der Waals surface area contributed by atoms with Crippen molar-refractivity contribution >= 4 is 29.0 Å². The Labute approximate surface area is 129 Å². The summed E-state index contributed by atoms with van der Waals surface area (Å²) in [5.74, 6) is -0.00365. The molecule has 1 aromatic heterocycles. The van der Waals surface area contributed by atoms with E-state index in [0.29, 0.717) is 42.1 Å². The largest absolute Gasteiger partial charge is 0.294 e. The zero-order valence-corrected chi connectivity index (χ0v) is 13.2. The molecule has 1 heterocycles. The lowest BCUT2D eigenvalue weighted by atomic mass is 10.0. The fourth-order valence-electron chi connectivity index (χ4n) is 2.58. The van der Waals surface area contributed by atoms with Crippen molar-refractivity contribution in [1.82, 2.24) is 9.55 Å². The molecule has 5 heteroatoms. The number of ketones is 1. The van der Waals surface area contributed by atoms with Gasteiger partial charge in [0, 0.05) is 18.4 Å². The van der Waals surface area contributed by atoms with Gasteiger partial charge < -0.3 is 0 Å². The summed E-state index contributed by atoms with van der Waals surface area (Å²) < 4.78 is 1.35. The maximum atomic E-state index is 12.2. The van der Waals surface area contributed by atoms with Gasteiger partial charge in [-0.25, -0.2) is 4.98 Å². The molecule has 0 spiro atoms. The van der Waals surface area contributed by atoms with Crippen LogP contribution in [0.1, 0.15) is 70.9 Å². The van der Waals surface area contributed by atoms with Crippen LogP contribution in [0, 0.1) is 6.92 Å². The molecular weight excluding hydrogens is 280 g/mol. The first-order chi connectivity index (χ1) is 10.5. The zero-order valence-electron chi connectivity index (χ0n) is 13.2. The molecule has 5 nitrogen and oxygen atoms in total. The Morgan fingerprint density at radius 2 is 1.86 bits per heavy atom. The Kier molecular flexibility index (Phi) is 4.85. The van der Waals surface area contributed by atoms with Crippen molar-refractivity contribution in [3.05, 3.63) is 29.1 Å². The standard InChI is InChI=1S/C17H20N2O3/c1-4-6-15(21)12-9-13-14(8-11(12)3)19(16(10-20)18-13)17(22)7-5-2/h8-10H,4-7H2,1-3H3. The summed E-state index contributed by atoms with van der Waals surface area (Å²) in [5, 5.41) is 0. The van der Waals surface area contributed by atoms with E-state index in [0.717, 1.165) is 12.0 Å². The molecule has 22 heavy (non-hydrogen) atoms. The number of nitrogens with zero attached hydrogens (tertiary/aromatic N) is 2. The molecule has 0 radical (unpaired) electrons. The average molecular weight is 300 g/mol. The van der Waals surface area contributed by atoms with Gasteiger partial charge in [-0.15, -0.1) is 0 Å². The van der Waals surface area contributed by atoms with Crippen molar-refractivity contribution in [3.8, 4) is 0 Å². The smallest absolute Gasteiger partial charge is 0.232 e. The van der Waals surface area contributed by atoms with Crippen molar-refractivity contribution in [2.75, 3.05) is 0 Å². The number of fused-ring (bicyclic) bond motifs is 1. The molecule has 0 unspecified atom stereocenters. The molecular formula is C17H20N2O3. The second-order valence-electron chi connectivity index (χ2n) is 5.40. The first-order valence-electron chi connectivity index (χ1n) is 7.58. The van der Waals surface area contributed by atoms with Crippen LogP contribution in [0.25, 0.3) is 11.0 Å². The summed E-state index contributed by atoms with van der Waals surface area (Å²) >= 11 is 0. The average Bonchev–Trinajstić information content (AvgIpc) is 2.84. The summed E-state index contributed by atoms with van der Waals surface area (Å²) in [6, 6.07) is 3.46. The molecule has 2 rings (SSSR count). The molecule has 1 aromatic carbocycles. The number of carbonyl (C=O) groups excluding carboxylic acids is 3. The highest BCUT2D eigenvalue weighted by Crippen LogP contribution is 2.22. The molecule has 0 bridgehead atoms. The number of aromatic nitrogens is 2. The quantitative estimate of drug-likeness (QED) is 0.604. The van der Waals surface area contributed by atoms with Crippen LogP contribution in [0.15, 0.2) is 12.1 Å². The number of carbonyl (C=O) groups is 3. The number of aryl methyl sites for hydroxylation is 1. The molecule has 2 aromatic rings. The predicted octanol–water partition coefficient (Wildman–Crippen LogP) is 3.58. The number of hydrogen-bond donors (Lipinski definition) is 0. The third-order valence-electron chi connectivity index (χ3n) is 3.62. The van der Waals surface area contributed by atoms with E-state index in [1.54, 1.807) is 12.1 Å². The predicted molar refractivity (Wildman–Crippen MR) is 84.6 cm³/mol. The van der Waals surface area contributed by atoms with Gasteiger partial charge in [-0.2, -0.15) is 0 Å². The summed E-state index contributed by atoms with van der Waals surface area (Å²) in [6.45, 7) is 5.70. The minimum absolute atomic E-state index is 0.0592. The summed E-state index contributed by atoms with van der Waals surface area (Å²) in [5.41, 5.74) is 2.51. The molecule has 116 valence electrons. The lowest BCUT2D eigenvalue weighted by Crippen LogP contribution is -2.13. The van der Waals surface area contributed by atoms with Gasteiger partial charge in [0.2, 0.25) is 5.91 Å². The third-order valence-corrected chi connectivity index (χ3v) is 3.62. The topological polar surface area (TPSA) is 69.0 Å². The molecule has 0 aliphatic carbocycles. The molecule has 0 fully saturated rings. The van der Waals surface area contributed by atoms with E-state index >= 15 is 0 Å². The van der Waals surface area contributed by atoms with Gasteiger partial charge in [0.25, 0.3) is 0 Å². The summed E-state index contributed by atoms with van der Waals surface area (Å²) in [4.78, 5) is 39.8. The fraction of sp³-hybridized carbons (Fsp3) is 0.412. The van der Waals surface area contributed by atoms with E-state index in [1.807, 2.05) is 20.8 Å². The fourth-order valence-corrected chi connectivity index (χ4v) is 2.58. The van der Waals surface area contributed by atoms with E-state index < -0.39 is 0 Å². The molecule has 0 aliphatic heterocycles. The van der Waals surface area contributed by atoms with E-state index in [4.69, 9.17) is 0 Å². The maximum Gasteiger partial charge on any atom is 0.232 e. The molecule has 0 amide bonds. The minimum Gasteiger partial charge on any atom is -0.294 e. The second-order valence-corrected chi connectivity index (χ2v) is 5.40. The van der Waals surface area contributed by atoms with Gasteiger partial charge in [-0.3, -0.25) is 19.0 Å². The van der Waals surface area contributed by atoms with Crippen molar-refractivity contribution in [2.24, 2.45) is 0 Å². The molecule has 0 saturated carbocycles. The van der Waals surface area contributed by atoms with Crippen molar-refractivity contribution in [3.63, 3.8) is 0 Å². The van der Waals surface area contributed by atoms with E-state index in [9.17, 15) is 14.4 Å². The van der Waals surface area contributed by atoms with Gasteiger partial charge in [-0.1, -0.05) is 13.8 Å². The van der Waals surface area contributed by atoms with Crippen LogP contribution in [-0.4, -0.2) is 27.5 Å². The van der Waals surface area contributed by atoms with Crippen LogP contribution in [0.5, 0.6) is 0 Å². The van der Waals surface area contributed by atoms with Crippen LogP contribution in [0.2, 0.25) is 0 Å².